The Morgan fingerprint density at radius 3 is 2.48 bits per heavy atom. The Kier molecular flexibility index (Phi) is 5.77. The lowest BCUT2D eigenvalue weighted by Gasteiger charge is -2.23. The first kappa shape index (κ1) is 22.1. The van der Waals surface area contributed by atoms with Crippen molar-refractivity contribution in [2.75, 3.05) is 0 Å². The number of hydrogen-bond donors (Lipinski definition) is 0. The molecule has 164 valence electrons. The predicted octanol–water partition coefficient (Wildman–Crippen LogP) is 5.67. The van der Waals surface area contributed by atoms with Crippen molar-refractivity contribution in [1.29, 1.82) is 0 Å². The molecule has 0 saturated heterocycles. The van der Waals surface area contributed by atoms with Crippen LogP contribution in [-0.4, -0.2) is 32.0 Å². The molecule has 0 aliphatic carbocycles. The third-order valence-corrected chi connectivity index (χ3v) is 7.21. The van der Waals surface area contributed by atoms with Crippen LogP contribution in [0.3, 0.4) is 0 Å². The molecular formula is C23H27ClN4O2S. The Balaban J connectivity index is 1.85. The van der Waals surface area contributed by atoms with Crippen molar-refractivity contribution < 1.29 is 9.53 Å². The average Bonchev–Trinajstić information content (AvgIpc) is 3.14. The number of carbonyl (C=O) groups excluding carboxylic acids is 1. The highest BCUT2D eigenvalue weighted by Crippen LogP contribution is 2.52. The van der Waals surface area contributed by atoms with E-state index in [1.807, 2.05) is 52.0 Å². The molecule has 2 aromatic rings. The van der Waals surface area contributed by atoms with Gasteiger partial charge in [-0.15, -0.1) is 22.0 Å². The Morgan fingerprint density at radius 1 is 1.16 bits per heavy atom. The van der Waals surface area contributed by atoms with Gasteiger partial charge in [-0.3, -0.25) is 14.4 Å². The van der Waals surface area contributed by atoms with Gasteiger partial charge in [0.05, 0.1) is 23.4 Å². The number of aromatic nitrogens is 3. The van der Waals surface area contributed by atoms with E-state index < -0.39 is 11.6 Å². The first-order valence-electron chi connectivity index (χ1n) is 10.4. The topological polar surface area (TPSA) is 69.4 Å². The molecule has 0 fully saturated rings. The fourth-order valence-electron chi connectivity index (χ4n) is 4.10. The molecule has 6 nitrogen and oxygen atoms in total. The maximum atomic E-state index is 12.7. The summed E-state index contributed by atoms with van der Waals surface area (Å²) >= 11 is 7.95. The monoisotopic (exact) mass is 458 g/mol. The van der Waals surface area contributed by atoms with Crippen LogP contribution in [0, 0.1) is 12.8 Å². The van der Waals surface area contributed by atoms with Crippen molar-refractivity contribution in [2.45, 2.75) is 65.0 Å². The van der Waals surface area contributed by atoms with Gasteiger partial charge in [0.1, 0.15) is 17.5 Å². The van der Waals surface area contributed by atoms with E-state index in [4.69, 9.17) is 21.3 Å². The molecule has 1 aromatic carbocycles. The zero-order chi connectivity index (χ0) is 22.5. The van der Waals surface area contributed by atoms with Gasteiger partial charge in [-0.25, -0.2) is 0 Å². The molecule has 0 N–H and O–H groups in total. The van der Waals surface area contributed by atoms with Gasteiger partial charge in [0.25, 0.3) is 0 Å². The number of benzene rings is 1. The smallest absolute Gasteiger partial charge is 0.308 e. The number of allylic oxidation sites excluding steroid dienone is 2. The minimum atomic E-state index is -0.559. The minimum absolute atomic E-state index is 0.0584. The number of carbonyl (C=O) groups is 1. The summed E-state index contributed by atoms with van der Waals surface area (Å²) < 4.78 is 7.74. The second kappa shape index (κ2) is 8.10. The fourth-order valence-corrected chi connectivity index (χ4v) is 5.74. The number of aryl methyl sites for hydroxylation is 1. The molecule has 0 saturated carbocycles. The molecule has 31 heavy (non-hydrogen) atoms. The summed E-state index contributed by atoms with van der Waals surface area (Å²) in [5.74, 6) is 1.29. The van der Waals surface area contributed by atoms with Crippen LogP contribution >= 0.6 is 23.4 Å². The highest BCUT2D eigenvalue weighted by molar-refractivity contribution is 8.03. The van der Waals surface area contributed by atoms with Crippen LogP contribution in [0.4, 0.5) is 0 Å². The van der Waals surface area contributed by atoms with Gasteiger partial charge >= 0.3 is 5.97 Å². The van der Waals surface area contributed by atoms with Crippen LogP contribution in [0.25, 0.3) is 0 Å². The average molecular weight is 459 g/mol. The highest BCUT2D eigenvalue weighted by atomic mass is 35.5. The van der Waals surface area contributed by atoms with Crippen molar-refractivity contribution >= 4 is 35.0 Å². The number of fused-ring (bicyclic) bond motifs is 3. The maximum Gasteiger partial charge on any atom is 0.308 e. The van der Waals surface area contributed by atoms with E-state index in [2.05, 4.69) is 28.6 Å². The standard InChI is InChI=1S/C23H27ClN4O2S/c1-12-13(2)31-22-19(12)20(15-7-9-16(24)10-8-15)25-17(11-18(29)30-23(4,5)6)21-27-26-14(3)28(21)22/h7-10,17,19,22H,11H2,1-6H3/t17-,19?,22?/m0/s1. The van der Waals surface area contributed by atoms with Crippen LogP contribution in [0.2, 0.25) is 5.02 Å². The second-order valence-corrected chi connectivity index (χ2v) is 10.8. The molecule has 2 unspecified atom stereocenters. The van der Waals surface area contributed by atoms with Crippen LogP contribution < -0.4 is 0 Å². The van der Waals surface area contributed by atoms with Crippen LogP contribution in [0.1, 0.15) is 69.7 Å². The summed E-state index contributed by atoms with van der Waals surface area (Å²) in [7, 11) is 0. The first-order chi connectivity index (χ1) is 14.5. The number of nitrogens with zero attached hydrogens (tertiary/aromatic N) is 4. The Morgan fingerprint density at radius 2 is 1.84 bits per heavy atom. The largest absolute Gasteiger partial charge is 0.460 e. The third kappa shape index (κ3) is 4.30. The van der Waals surface area contributed by atoms with Gasteiger partial charge in [0, 0.05) is 5.02 Å². The van der Waals surface area contributed by atoms with Crippen LogP contribution in [0.5, 0.6) is 0 Å². The number of aliphatic imine (C=N–C) groups is 1. The van der Waals surface area contributed by atoms with Gasteiger partial charge in [-0.05, 0) is 64.1 Å². The van der Waals surface area contributed by atoms with E-state index in [-0.39, 0.29) is 23.7 Å². The zero-order valence-electron chi connectivity index (χ0n) is 18.6. The number of thioether (sulfide) groups is 1. The van der Waals surface area contributed by atoms with Crippen molar-refractivity contribution in [3.8, 4) is 0 Å². The van der Waals surface area contributed by atoms with Crippen molar-refractivity contribution in [3.63, 3.8) is 0 Å². The van der Waals surface area contributed by atoms with Gasteiger partial charge < -0.3 is 4.74 Å². The van der Waals surface area contributed by atoms with Crippen LogP contribution in [-0.2, 0) is 9.53 Å². The molecule has 0 spiro atoms. The quantitative estimate of drug-likeness (QED) is 0.554. The Hall–Kier alpha value is -2.12. The van der Waals surface area contributed by atoms with E-state index in [1.165, 1.54) is 10.5 Å². The van der Waals surface area contributed by atoms with Crippen molar-refractivity contribution in [3.05, 3.63) is 57.0 Å². The molecule has 0 amide bonds. The molecular weight excluding hydrogens is 432 g/mol. The van der Waals surface area contributed by atoms with Crippen LogP contribution in [0.15, 0.2) is 39.7 Å². The van der Waals surface area contributed by atoms with E-state index in [1.54, 1.807) is 11.8 Å². The van der Waals surface area contributed by atoms with E-state index in [9.17, 15) is 4.79 Å². The summed E-state index contributed by atoms with van der Waals surface area (Å²) in [6.45, 7) is 11.9. The normalized spacial score (nSPS) is 23.2. The van der Waals surface area contributed by atoms with E-state index in [0.717, 1.165) is 17.1 Å². The van der Waals surface area contributed by atoms with E-state index in [0.29, 0.717) is 10.8 Å². The Labute approximate surface area is 192 Å². The lowest BCUT2D eigenvalue weighted by Crippen LogP contribution is -2.25. The SMILES string of the molecule is CC1=C(C)C2C(c3ccc(Cl)cc3)=N[C@@H](CC(=O)OC(C)(C)C)c3nnc(C)n3C2S1. The molecule has 0 radical (unpaired) electrons. The van der Waals surface area contributed by atoms with Crippen molar-refractivity contribution in [2.24, 2.45) is 10.9 Å². The number of hydrogen-bond acceptors (Lipinski definition) is 6. The number of rotatable bonds is 3. The highest BCUT2D eigenvalue weighted by Gasteiger charge is 2.43. The molecule has 2 aliphatic heterocycles. The summed E-state index contributed by atoms with van der Waals surface area (Å²) in [4.78, 5) is 19.1. The molecule has 0 bridgehead atoms. The van der Waals surface area contributed by atoms with Gasteiger partial charge in [-0.2, -0.15) is 0 Å². The third-order valence-electron chi connectivity index (χ3n) is 5.56. The predicted molar refractivity (Wildman–Crippen MR) is 124 cm³/mol. The van der Waals surface area contributed by atoms with Gasteiger partial charge in [-0.1, -0.05) is 29.3 Å². The first-order valence-corrected chi connectivity index (χ1v) is 11.6. The molecule has 8 heteroatoms. The summed E-state index contributed by atoms with van der Waals surface area (Å²) in [5, 5.41) is 9.52. The molecule has 3 atom stereocenters. The van der Waals surface area contributed by atoms with Crippen molar-refractivity contribution in [1.82, 2.24) is 14.8 Å². The number of ether oxygens (including phenoxy) is 1. The van der Waals surface area contributed by atoms with Gasteiger partial charge in [0.2, 0.25) is 0 Å². The maximum absolute atomic E-state index is 12.7. The summed E-state index contributed by atoms with van der Waals surface area (Å²) in [5.41, 5.74) is 2.67. The second-order valence-electron chi connectivity index (χ2n) is 9.03. The Bertz CT molecular complexity index is 1080. The minimum Gasteiger partial charge on any atom is -0.460 e. The van der Waals surface area contributed by atoms with E-state index >= 15 is 0 Å². The molecule has 3 heterocycles. The summed E-state index contributed by atoms with van der Waals surface area (Å²) in [6.07, 6.45) is 0.109. The van der Waals surface area contributed by atoms with Gasteiger partial charge in [0.15, 0.2) is 5.82 Å². The lowest BCUT2D eigenvalue weighted by molar-refractivity contribution is -0.155. The summed E-state index contributed by atoms with van der Waals surface area (Å²) in [6, 6.07) is 7.27. The molecule has 2 aliphatic rings. The molecule has 4 rings (SSSR count). The molecule has 1 aromatic heterocycles. The number of esters is 1. The number of halogens is 1. The lowest BCUT2D eigenvalue weighted by atomic mass is 9.90. The fraction of sp³-hybridized carbons (Fsp3) is 0.478. The zero-order valence-corrected chi connectivity index (χ0v) is 20.2.